The Balaban J connectivity index is 2.10. The van der Waals surface area contributed by atoms with E-state index >= 15 is 0 Å². The third-order valence-electron chi connectivity index (χ3n) is 4.36. The summed E-state index contributed by atoms with van der Waals surface area (Å²) in [6.45, 7) is 9.06. The van der Waals surface area contributed by atoms with Crippen LogP contribution in [0, 0.1) is 0 Å². The van der Waals surface area contributed by atoms with Crippen LogP contribution in [0.15, 0.2) is 24.3 Å². The number of fused-ring (bicyclic) bond motifs is 1. The molecule has 0 bridgehead atoms. The summed E-state index contributed by atoms with van der Waals surface area (Å²) in [7, 11) is 0. The van der Waals surface area contributed by atoms with E-state index in [-0.39, 0.29) is 6.17 Å². The van der Waals surface area contributed by atoms with Crippen LogP contribution in [0.25, 0.3) is 11.0 Å². The predicted octanol–water partition coefficient (Wildman–Crippen LogP) is 4.63. The molecule has 1 unspecified atom stereocenters. The lowest BCUT2D eigenvalue weighted by Gasteiger charge is -2.29. The van der Waals surface area contributed by atoms with Crippen LogP contribution in [-0.2, 0) is 0 Å². The minimum absolute atomic E-state index is 0.265. The maximum absolute atomic E-state index is 4.40. The molecule has 0 aliphatic rings. The third kappa shape index (κ3) is 4.29. The van der Waals surface area contributed by atoms with Crippen LogP contribution in [0.2, 0.25) is 0 Å². The van der Waals surface area contributed by atoms with Crippen LogP contribution in [0.5, 0.6) is 0 Å². The number of aromatic nitrogens is 3. The summed E-state index contributed by atoms with van der Waals surface area (Å²) in [4.78, 5) is 2.56. The van der Waals surface area contributed by atoms with Gasteiger partial charge in [0, 0.05) is 13.1 Å². The molecule has 0 N–H and O–H groups in total. The topological polar surface area (TPSA) is 34.0 Å². The molecule has 0 spiro atoms. The van der Waals surface area contributed by atoms with Gasteiger partial charge in [-0.2, -0.15) is 0 Å². The molecular formula is C18H30N4. The van der Waals surface area contributed by atoms with Gasteiger partial charge in [-0.3, -0.25) is 4.90 Å². The Morgan fingerprint density at radius 1 is 1.00 bits per heavy atom. The van der Waals surface area contributed by atoms with Gasteiger partial charge in [-0.15, -0.1) is 5.10 Å². The minimum Gasteiger partial charge on any atom is -0.282 e. The largest absolute Gasteiger partial charge is 0.282 e. The fourth-order valence-electron chi connectivity index (χ4n) is 2.93. The summed E-state index contributed by atoms with van der Waals surface area (Å²) >= 11 is 0. The van der Waals surface area contributed by atoms with Crippen molar-refractivity contribution in [1.82, 2.24) is 19.9 Å². The smallest absolute Gasteiger partial charge is 0.113 e. The fourth-order valence-corrected chi connectivity index (χ4v) is 2.93. The lowest BCUT2D eigenvalue weighted by molar-refractivity contribution is 0.139. The van der Waals surface area contributed by atoms with Gasteiger partial charge in [0.1, 0.15) is 11.7 Å². The number of nitrogens with zero attached hydrogens (tertiary/aromatic N) is 4. The van der Waals surface area contributed by atoms with Crippen LogP contribution in [0.1, 0.15) is 65.5 Å². The predicted molar refractivity (Wildman–Crippen MR) is 92.9 cm³/mol. The normalized spacial score (nSPS) is 13.1. The highest BCUT2D eigenvalue weighted by atomic mass is 15.5. The maximum atomic E-state index is 4.40. The minimum atomic E-state index is 0.265. The Bertz CT molecular complexity index is 539. The Morgan fingerprint density at radius 2 is 1.64 bits per heavy atom. The molecule has 22 heavy (non-hydrogen) atoms. The molecule has 0 saturated heterocycles. The number of para-hydroxylation sites is 1. The van der Waals surface area contributed by atoms with Gasteiger partial charge in [-0.05, 0) is 31.9 Å². The molecule has 2 rings (SSSR count). The Hall–Kier alpha value is -1.42. The number of unbranched alkanes of at least 4 members (excludes halogenated alkanes) is 4. The third-order valence-corrected chi connectivity index (χ3v) is 4.36. The molecule has 0 aliphatic carbocycles. The average Bonchev–Trinajstić information content (AvgIpc) is 2.97. The van der Waals surface area contributed by atoms with Gasteiger partial charge in [0.2, 0.25) is 0 Å². The number of hydrogen-bond donors (Lipinski definition) is 0. The molecular weight excluding hydrogens is 272 g/mol. The molecule has 0 aliphatic heterocycles. The van der Waals surface area contributed by atoms with Crippen molar-refractivity contribution in [2.75, 3.05) is 13.1 Å². The highest BCUT2D eigenvalue weighted by molar-refractivity contribution is 5.73. The number of benzene rings is 1. The molecule has 4 nitrogen and oxygen atoms in total. The lowest BCUT2D eigenvalue weighted by Crippen LogP contribution is -2.33. The Morgan fingerprint density at radius 3 is 2.27 bits per heavy atom. The van der Waals surface area contributed by atoms with Gasteiger partial charge in [0.25, 0.3) is 0 Å². The van der Waals surface area contributed by atoms with Crippen molar-refractivity contribution in [2.24, 2.45) is 0 Å². The summed E-state index contributed by atoms with van der Waals surface area (Å²) in [6, 6.07) is 8.23. The van der Waals surface area contributed by atoms with E-state index in [0.717, 1.165) is 24.1 Å². The lowest BCUT2D eigenvalue weighted by atomic mass is 10.2. The summed E-state index contributed by atoms with van der Waals surface area (Å²) in [5, 5.41) is 8.70. The quantitative estimate of drug-likeness (QED) is 0.600. The van der Waals surface area contributed by atoms with Crippen LogP contribution in [0.3, 0.4) is 0 Å². The molecule has 122 valence electrons. The highest BCUT2D eigenvalue weighted by Crippen LogP contribution is 2.20. The van der Waals surface area contributed by atoms with E-state index in [2.05, 4.69) is 52.8 Å². The zero-order valence-electron chi connectivity index (χ0n) is 14.3. The van der Waals surface area contributed by atoms with Crippen molar-refractivity contribution in [1.29, 1.82) is 0 Å². The van der Waals surface area contributed by atoms with E-state index in [1.165, 1.54) is 38.5 Å². The number of rotatable bonds is 10. The van der Waals surface area contributed by atoms with Gasteiger partial charge < -0.3 is 0 Å². The van der Waals surface area contributed by atoms with E-state index in [1.54, 1.807) is 0 Å². The van der Waals surface area contributed by atoms with Gasteiger partial charge in [0.05, 0.1) is 5.52 Å². The average molecular weight is 302 g/mol. The molecule has 1 atom stereocenters. The van der Waals surface area contributed by atoms with Crippen molar-refractivity contribution >= 4 is 11.0 Å². The molecule has 4 heteroatoms. The first kappa shape index (κ1) is 16.9. The van der Waals surface area contributed by atoms with E-state index < -0.39 is 0 Å². The van der Waals surface area contributed by atoms with Crippen LogP contribution in [0.4, 0.5) is 0 Å². The van der Waals surface area contributed by atoms with Crippen LogP contribution >= 0.6 is 0 Å². The molecule has 2 aromatic rings. The molecule has 0 radical (unpaired) electrons. The van der Waals surface area contributed by atoms with E-state index in [9.17, 15) is 0 Å². The van der Waals surface area contributed by atoms with Gasteiger partial charge in [-0.1, -0.05) is 56.9 Å². The second-order valence-electron chi connectivity index (χ2n) is 6.10. The molecule has 0 saturated carbocycles. The molecule has 0 fully saturated rings. The Kier molecular flexibility index (Phi) is 6.84. The van der Waals surface area contributed by atoms with E-state index in [4.69, 9.17) is 0 Å². The molecule has 1 aromatic carbocycles. The monoisotopic (exact) mass is 302 g/mol. The summed E-state index contributed by atoms with van der Waals surface area (Å²) in [6.07, 6.45) is 7.93. The molecule has 1 heterocycles. The van der Waals surface area contributed by atoms with Crippen molar-refractivity contribution in [3.8, 4) is 0 Å². The highest BCUT2D eigenvalue weighted by Gasteiger charge is 2.18. The molecule has 0 amide bonds. The fraction of sp³-hybridized carbons (Fsp3) is 0.667. The second kappa shape index (κ2) is 8.89. The zero-order valence-corrected chi connectivity index (χ0v) is 14.3. The van der Waals surface area contributed by atoms with Crippen molar-refractivity contribution in [3.63, 3.8) is 0 Å². The number of hydrogen-bond acceptors (Lipinski definition) is 3. The first-order valence-electron chi connectivity index (χ1n) is 8.81. The standard InChI is InChI=1S/C18H30N4/c1-4-6-10-14-21(15-11-7-5-2)16(3)22-18-13-9-8-12-17(18)19-20-22/h8-9,12-13,16H,4-7,10-11,14-15H2,1-3H3. The first-order chi connectivity index (χ1) is 10.8. The van der Waals surface area contributed by atoms with E-state index in [1.807, 2.05) is 12.1 Å². The molecule has 1 aromatic heterocycles. The van der Waals surface area contributed by atoms with Crippen molar-refractivity contribution in [2.45, 2.75) is 65.5 Å². The van der Waals surface area contributed by atoms with Gasteiger partial charge in [-0.25, -0.2) is 4.68 Å². The summed E-state index contributed by atoms with van der Waals surface area (Å²) in [5.41, 5.74) is 2.11. The summed E-state index contributed by atoms with van der Waals surface area (Å²) in [5.74, 6) is 0. The van der Waals surface area contributed by atoms with Crippen molar-refractivity contribution < 1.29 is 0 Å². The van der Waals surface area contributed by atoms with Crippen LogP contribution in [-0.4, -0.2) is 33.0 Å². The van der Waals surface area contributed by atoms with Crippen molar-refractivity contribution in [3.05, 3.63) is 24.3 Å². The van der Waals surface area contributed by atoms with Crippen LogP contribution < -0.4 is 0 Å². The summed E-state index contributed by atoms with van der Waals surface area (Å²) < 4.78 is 2.08. The maximum Gasteiger partial charge on any atom is 0.113 e. The zero-order chi connectivity index (χ0) is 15.8. The second-order valence-corrected chi connectivity index (χ2v) is 6.10. The van der Waals surface area contributed by atoms with E-state index in [0.29, 0.717) is 0 Å². The van der Waals surface area contributed by atoms with Gasteiger partial charge >= 0.3 is 0 Å². The first-order valence-corrected chi connectivity index (χ1v) is 8.81. The SMILES string of the molecule is CCCCCN(CCCCC)C(C)n1nnc2ccccc21. The van der Waals surface area contributed by atoms with Gasteiger partial charge in [0.15, 0.2) is 0 Å². The Labute approximate surface area is 134 Å².